The van der Waals surface area contributed by atoms with E-state index in [1.165, 1.54) is 9.21 Å². The summed E-state index contributed by atoms with van der Waals surface area (Å²) in [5.41, 5.74) is 0. The predicted octanol–water partition coefficient (Wildman–Crippen LogP) is 1.28. The molecule has 1 fully saturated rings. The number of halogens is 1. The van der Waals surface area contributed by atoms with Crippen LogP contribution < -0.4 is 0 Å². The van der Waals surface area contributed by atoms with Crippen molar-refractivity contribution in [3.63, 3.8) is 0 Å². The molecule has 0 aromatic carbocycles. The highest BCUT2D eigenvalue weighted by Crippen LogP contribution is 2.27. The Bertz CT molecular complexity index is 114. The van der Waals surface area contributed by atoms with Crippen LogP contribution in [-0.2, 0) is 4.18 Å². The second kappa shape index (κ2) is 4.86. The molecular formula is C6H11IO3S. The molecule has 2 atom stereocenters. The highest BCUT2D eigenvalue weighted by molar-refractivity contribution is 14.2. The van der Waals surface area contributed by atoms with Gasteiger partial charge in [0.25, 0.3) is 0 Å². The van der Waals surface area contributed by atoms with E-state index >= 15 is 0 Å². The summed E-state index contributed by atoms with van der Waals surface area (Å²) in [4.78, 5) is 0. The molecule has 1 aliphatic carbocycles. The second-order valence-electron chi connectivity index (χ2n) is 2.80. The molecule has 2 N–H and O–H groups in total. The Labute approximate surface area is 82.3 Å². The molecule has 0 aromatic rings. The van der Waals surface area contributed by atoms with Gasteiger partial charge in [-0.2, -0.15) is 0 Å². The molecule has 0 saturated heterocycles. The van der Waals surface area contributed by atoms with Gasteiger partial charge in [0.1, 0.15) is 0 Å². The lowest BCUT2D eigenvalue weighted by Crippen LogP contribution is -2.33. The maximum Gasteiger partial charge on any atom is 0.0781 e. The Morgan fingerprint density at radius 3 is 2.18 bits per heavy atom. The van der Waals surface area contributed by atoms with E-state index in [-0.39, 0.29) is 6.10 Å². The van der Waals surface area contributed by atoms with Crippen molar-refractivity contribution >= 4 is 30.4 Å². The maximum absolute atomic E-state index is 9.22. The molecule has 1 aliphatic rings. The summed E-state index contributed by atoms with van der Waals surface area (Å²) >= 11 is 2.04. The molecular weight excluding hydrogens is 279 g/mol. The van der Waals surface area contributed by atoms with Crippen LogP contribution in [0.25, 0.3) is 0 Å². The number of rotatable bonds is 2. The summed E-state index contributed by atoms with van der Waals surface area (Å²) in [6.45, 7) is 0. The lowest BCUT2D eigenvalue weighted by molar-refractivity contribution is -0.00873. The maximum atomic E-state index is 9.22. The largest absolute Gasteiger partial charge is 0.393 e. The first-order valence-electron chi connectivity index (χ1n) is 3.52. The average molecular weight is 290 g/mol. The van der Waals surface area contributed by atoms with Crippen molar-refractivity contribution in [1.82, 2.24) is 0 Å². The summed E-state index contributed by atoms with van der Waals surface area (Å²) in [6.07, 6.45) is 1.00. The highest BCUT2D eigenvalue weighted by Gasteiger charge is 2.26. The van der Waals surface area contributed by atoms with Gasteiger partial charge in [-0.3, -0.25) is 0 Å². The highest BCUT2D eigenvalue weighted by atomic mass is 127. The Morgan fingerprint density at radius 2 is 1.73 bits per heavy atom. The minimum Gasteiger partial charge on any atom is -0.393 e. The summed E-state index contributed by atoms with van der Waals surface area (Å²) in [6, 6.07) is 0. The van der Waals surface area contributed by atoms with Crippen molar-refractivity contribution in [3.05, 3.63) is 0 Å². The first kappa shape index (κ1) is 10.0. The third-order valence-corrected chi connectivity index (χ3v) is 2.75. The number of aliphatic hydroxyl groups is 2. The van der Waals surface area contributed by atoms with E-state index in [1.807, 2.05) is 21.2 Å². The zero-order valence-corrected chi connectivity index (χ0v) is 8.92. The van der Waals surface area contributed by atoms with Gasteiger partial charge in [-0.05, 0) is 6.42 Å². The molecule has 0 spiro atoms. The van der Waals surface area contributed by atoms with Crippen molar-refractivity contribution in [2.24, 2.45) is 0 Å². The minimum absolute atomic E-state index is 0.00986. The smallest absolute Gasteiger partial charge is 0.0781 e. The molecule has 2 unspecified atom stereocenters. The van der Waals surface area contributed by atoms with Crippen LogP contribution >= 0.6 is 30.4 Å². The van der Waals surface area contributed by atoms with E-state index in [0.29, 0.717) is 19.3 Å². The fourth-order valence-electron chi connectivity index (χ4n) is 1.34. The molecule has 11 heavy (non-hydrogen) atoms. The molecule has 1 rings (SSSR count). The molecule has 1 saturated carbocycles. The molecule has 0 aromatic heterocycles. The van der Waals surface area contributed by atoms with Crippen molar-refractivity contribution in [1.29, 1.82) is 0 Å². The van der Waals surface area contributed by atoms with E-state index in [9.17, 15) is 10.2 Å². The van der Waals surface area contributed by atoms with Gasteiger partial charge in [-0.1, -0.05) is 0 Å². The monoisotopic (exact) mass is 290 g/mol. The van der Waals surface area contributed by atoms with Crippen molar-refractivity contribution in [2.45, 2.75) is 37.6 Å². The standard InChI is InChI=1S/C6H11IO3S/c7-11-10-6-2-4(8)1-5(9)3-6/h4-6,8-9H,1-3H2. The fourth-order valence-corrected chi connectivity index (χ4v) is 2.48. The Morgan fingerprint density at radius 1 is 1.18 bits per heavy atom. The van der Waals surface area contributed by atoms with E-state index < -0.39 is 12.2 Å². The van der Waals surface area contributed by atoms with Crippen LogP contribution in [0.5, 0.6) is 0 Å². The fraction of sp³-hybridized carbons (Fsp3) is 1.00. The molecule has 66 valence electrons. The average Bonchev–Trinajstić information content (AvgIpc) is 1.85. The van der Waals surface area contributed by atoms with Gasteiger partial charge in [0, 0.05) is 34.0 Å². The van der Waals surface area contributed by atoms with E-state index in [2.05, 4.69) is 0 Å². The lowest BCUT2D eigenvalue weighted by atomic mass is 9.93. The van der Waals surface area contributed by atoms with Gasteiger partial charge in [0.15, 0.2) is 0 Å². The molecule has 0 radical (unpaired) electrons. The van der Waals surface area contributed by atoms with E-state index in [4.69, 9.17) is 4.18 Å². The van der Waals surface area contributed by atoms with Crippen molar-refractivity contribution in [2.75, 3.05) is 0 Å². The quantitative estimate of drug-likeness (QED) is 0.594. The topological polar surface area (TPSA) is 49.7 Å². The van der Waals surface area contributed by atoms with Gasteiger partial charge in [0.2, 0.25) is 0 Å². The van der Waals surface area contributed by atoms with Crippen LogP contribution in [0.3, 0.4) is 0 Å². The number of aliphatic hydroxyl groups excluding tert-OH is 2. The zero-order valence-electron chi connectivity index (χ0n) is 5.94. The van der Waals surface area contributed by atoms with Gasteiger partial charge in [-0.15, -0.1) is 0 Å². The third kappa shape index (κ3) is 3.45. The lowest BCUT2D eigenvalue weighted by Gasteiger charge is -2.28. The first-order chi connectivity index (χ1) is 5.22. The van der Waals surface area contributed by atoms with Crippen LogP contribution in [0.1, 0.15) is 19.3 Å². The third-order valence-electron chi connectivity index (χ3n) is 1.79. The molecule has 5 heteroatoms. The molecule has 3 nitrogen and oxygen atoms in total. The minimum atomic E-state index is -0.396. The van der Waals surface area contributed by atoms with Crippen LogP contribution in [0.15, 0.2) is 0 Å². The Balaban J connectivity index is 2.30. The molecule has 0 amide bonds. The van der Waals surface area contributed by atoms with Gasteiger partial charge in [0.05, 0.1) is 27.5 Å². The Kier molecular flexibility index (Phi) is 4.44. The van der Waals surface area contributed by atoms with Crippen LogP contribution in [0.2, 0.25) is 0 Å². The van der Waals surface area contributed by atoms with Crippen molar-refractivity contribution in [3.8, 4) is 0 Å². The summed E-state index contributed by atoms with van der Waals surface area (Å²) < 4.78 is 5.21. The normalized spacial score (nSPS) is 39.0. The number of hydrogen-bond donors (Lipinski definition) is 2. The van der Waals surface area contributed by atoms with Gasteiger partial charge >= 0.3 is 0 Å². The molecule has 0 aliphatic heterocycles. The Hall–Kier alpha value is 0.960. The predicted molar refractivity (Wildman–Crippen MR) is 52.3 cm³/mol. The molecule has 0 heterocycles. The second-order valence-corrected chi connectivity index (χ2v) is 4.19. The van der Waals surface area contributed by atoms with Gasteiger partial charge in [-0.25, -0.2) is 0 Å². The summed E-state index contributed by atoms with van der Waals surface area (Å²) in [5.74, 6) is 0. The van der Waals surface area contributed by atoms with E-state index in [1.54, 1.807) is 0 Å². The van der Waals surface area contributed by atoms with Crippen molar-refractivity contribution < 1.29 is 14.4 Å². The first-order valence-corrected chi connectivity index (χ1v) is 6.81. The van der Waals surface area contributed by atoms with Crippen LogP contribution in [0, 0.1) is 0 Å². The molecule has 0 bridgehead atoms. The summed E-state index contributed by atoms with van der Waals surface area (Å²) in [7, 11) is 1.26. The van der Waals surface area contributed by atoms with Crippen LogP contribution in [0.4, 0.5) is 0 Å². The zero-order chi connectivity index (χ0) is 8.27. The SMILES string of the molecule is OC1CC(O)CC(OSI)C1. The number of hydrogen-bond acceptors (Lipinski definition) is 4. The summed E-state index contributed by atoms with van der Waals surface area (Å²) in [5, 5.41) is 18.4. The van der Waals surface area contributed by atoms with Gasteiger partial charge < -0.3 is 14.4 Å². The van der Waals surface area contributed by atoms with Crippen LogP contribution in [-0.4, -0.2) is 28.5 Å². The van der Waals surface area contributed by atoms with E-state index in [0.717, 1.165) is 0 Å².